The molecule has 0 saturated carbocycles. The molecule has 0 radical (unpaired) electrons. The van der Waals surface area contributed by atoms with E-state index in [1.165, 1.54) is 27.2 Å². The fourth-order valence-electron chi connectivity index (χ4n) is 3.27. The van der Waals surface area contributed by atoms with Gasteiger partial charge in [0.2, 0.25) is 0 Å². The van der Waals surface area contributed by atoms with Crippen molar-refractivity contribution in [2.24, 2.45) is 0 Å². The van der Waals surface area contributed by atoms with Gasteiger partial charge in [0.1, 0.15) is 0 Å². The van der Waals surface area contributed by atoms with Crippen LogP contribution in [0.2, 0.25) is 0 Å². The van der Waals surface area contributed by atoms with Crippen LogP contribution < -0.4 is 4.90 Å². The fraction of sp³-hybridized carbons (Fsp3) is 0.211. The Kier molecular flexibility index (Phi) is 2.88. The number of hydrogen-bond acceptors (Lipinski definition) is 2. The Labute approximate surface area is 124 Å². The Bertz CT molecular complexity index is 837. The van der Waals surface area contributed by atoms with Gasteiger partial charge in [-0.15, -0.1) is 0 Å². The summed E-state index contributed by atoms with van der Waals surface area (Å²) >= 11 is 0. The van der Waals surface area contributed by atoms with E-state index in [1.54, 1.807) is 0 Å². The molecular formula is C19H17NO. The van der Waals surface area contributed by atoms with Crippen LogP contribution in [0.5, 0.6) is 0 Å². The first-order valence-electron chi connectivity index (χ1n) is 7.49. The average molecular weight is 275 g/mol. The maximum atomic E-state index is 11.8. The molecule has 1 heterocycles. The third-order valence-corrected chi connectivity index (χ3v) is 4.32. The quantitative estimate of drug-likeness (QED) is 0.621. The van der Waals surface area contributed by atoms with Gasteiger partial charge in [-0.1, -0.05) is 36.4 Å². The van der Waals surface area contributed by atoms with E-state index in [1.807, 2.05) is 0 Å². The summed E-state index contributed by atoms with van der Waals surface area (Å²) in [5, 5.41) is 4.99. The second-order valence-corrected chi connectivity index (χ2v) is 5.76. The summed E-state index contributed by atoms with van der Waals surface area (Å²) < 4.78 is 0. The van der Waals surface area contributed by atoms with Crippen LogP contribution in [0.25, 0.3) is 21.5 Å². The minimum atomic E-state index is 0.346. The minimum absolute atomic E-state index is 0.346. The fourth-order valence-corrected chi connectivity index (χ4v) is 3.27. The monoisotopic (exact) mass is 275 g/mol. The van der Waals surface area contributed by atoms with Crippen LogP contribution in [0, 0.1) is 0 Å². The van der Waals surface area contributed by atoms with Crippen LogP contribution >= 0.6 is 0 Å². The number of carbonyl (C=O) groups excluding carboxylic acids is 1. The lowest BCUT2D eigenvalue weighted by molar-refractivity contribution is -0.118. The topological polar surface area (TPSA) is 20.3 Å². The van der Waals surface area contributed by atoms with Crippen LogP contribution in [-0.2, 0) is 4.79 Å². The zero-order valence-corrected chi connectivity index (χ0v) is 11.9. The molecule has 1 aliphatic heterocycles. The Hall–Kier alpha value is -2.35. The normalized spacial score (nSPS) is 15.8. The molecule has 2 heteroatoms. The second kappa shape index (κ2) is 4.88. The summed E-state index contributed by atoms with van der Waals surface area (Å²) in [5.74, 6) is 0.346. The molecule has 0 unspecified atom stereocenters. The van der Waals surface area contributed by atoms with Gasteiger partial charge in [-0.25, -0.2) is 0 Å². The maximum Gasteiger partial charge on any atom is 0.152 e. The molecule has 0 aromatic heterocycles. The van der Waals surface area contributed by atoms with E-state index in [2.05, 4.69) is 59.5 Å². The maximum absolute atomic E-state index is 11.8. The van der Waals surface area contributed by atoms with E-state index in [9.17, 15) is 4.79 Å². The summed E-state index contributed by atoms with van der Waals surface area (Å²) in [6.45, 7) is 1.52. The van der Waals surface area contributed by atoms with Crippen molar-refractivity contribution >= 4 is 33.0 Å². The SMILES string of the molecule is O=C1CCCN(c2cccc3cc4ccccc4cc23)C1. The molecule has 1 aliphatic rings. The number of anilines is 1. The molecule has 0 N–H and O–H groups in total. The number of rotatable bonds is 1. The highest BCUT2D eigenvalue weighted by atomic mass is 16.1. The molecule has 4 rings (SSSR count). The van der Waals surface area contributed by atoms with E-state index in [0.717, 1.165) is 19.4 Å². The van der Waals surface area contributed by atoms with E-state index >= 15 is 0 Å². The molecule has 21 heavy (non-hydrogen) atoms. The summed E-state index contributed by atoms with van der Waals surface area (Å²) in [7, 11) is 0. The van der Waals surface area contributed by atoms with Crippen molar-refractivity contribution in [3.8, 4) is 0 Å². The van der Waals surface area contributed by atoms with Crippen molar-refractivity contribution < 1.29 is 4.79 Å². The predicted octanol–water partition coefficient (Wildman–Crippen LogP) is 4.16. The molecular weight excluding hydrogens is 258 g/mol. The van der Waals surface area contributed by atoms with Crippen molar-refractivity contribution in [2.75, 3.05) is 18.0 Å². The lowest BCUT2D eigenvalue weighted by atomic mass is 10.0. The zero-order chi connectivity index (χ0) is 14.2. The molecule has 3 aromatic rings. The van der Waals surface area contributed by atoms with Crippen LogP contribution in [-0.4, -0.2) is 18.9 Å². The number of hydrogen-bond donors (Lipinski definition) is 0. The van der Waals surface area contributed by atoms with Gasteiger partial charge < -0.3 is 4.90 Å². The van der Waals surface area contributed by atoms with Gasteiger partial charge in [0.05, 0.1) is 6.54 Å². The molecule has 0 bridgehead atoms. The highest BCUT2D eigenvalue weighted by molar-refractivity contribution is 6.04. The summed E-state index contributed by atoms with van der Waals surface area (Å²) in [6, 6.07) is 19.3. The molecule has 3 aromatic carbocycles. The van der Waals surface area contributed by atoms with Gasteiger partial charge in [0, 0.05) is 24.0 Å². The molecule has 1 fully saturated rings. The number of ketones is 1. The highest BCUT2D eigenvalue weighted by Gasteiger charge is 2.18. The number of fused-ring (bicyclic) bond motifs is 2. The van der Waals surface area contributed by atoms with Crippen molar-refractivity contribution in [2.45, 2.75) is 12.8 Å². The second-order valence-electron chi connectivity index (χ2n) is 5.76. The van der Waals surface area contributed by atoms with Gasteiger partial charge in [0.15, 0.2) is 5.78 Å². The molecule has 0 atom stereocenters. The number of piperidine rings is 1. The molecule has 1 saturated heterocycles. The Morgan fingerprint density at radius 2 is 1.62 bits per heavy atom. The number of nitrogens with zero attached hydrogens (tertiary/aromatic N) is 1. The van der Waals surface area contributed by atoms with E-state index in [4.69, 9.17) is 0 Å². The predicted molar refractivity (Wildman–Crippen MR) is 87.9 cm³/mol. The van der Waals surface area contributed by atoms with Gasteiger partial charge in [-0.3, -0.25) is 4.79 Å². The van der Waals surface area contributed by atoms with Crippen LogP contribution in [0.1, 0.15) is 12.8 Å². The number of carbonyl (C=O) groups is 1. The van der Waals surface area contributed by atoms with Gasteiger partial charge in [0.25, 0.3) is 0 Å². The first kappa shape index (κ1) is 12.4. The van der Waals surface area contributed by atoms with Crippen molar-refractivity contribution in [1.82, 2.24) is 0 Å². The van der Waals surface area contributed by atoms with E-state index in [0.29, 0.717) is 12.3 Å². The average Bonchev–Trinajstić information content (AvgIpc) is 2.52. The van der Waals surface area contributed by atoms with E-state index in [-0.39, 0.29) is 0 Å². The lowest BCUT2D eigenvalue weighted by Gasteiger charge is -2.29. The van der Waals surface area contributed by atoms with Gasteiger partial charge in [-0.05, 0) is 40.8 Å². The van der Waals surface area contributed by atoms with Crippen LogP contribution in [0.15, 0.2) is 54.6 Å². The molecule has 0 aliphatic carbocycles. The lowest BCUT2D eigenvalue weighted by Crippen LogP contribution is -2.35. The first-order chi connectivity index (χ1) is 10.3. The number of benzene rings is 3. The van der Waals surface area contributed by atoms with Crippen LogP contribution in [0.3, 0.4) is 0 Å². The standard InChI is InChI=1S/C19H17NO/c21-17-8-4-10-20(13-17)19-9-3-7-16-11-14-5-1-2-6-15(14)12-18(16)19/h1-3,5-7,9,11-12H,4,8,10,13H2. The zero-order valence-electron chi connectivity index (χ0n) is 11.9. The summed E-state index contributed by atoms with van der Waals surface area (Å²) in [6.07, 6.45) is 1.69. The summed E-state index contributed by atoms with van der Waals surface area (Å²) in [4.78, 5) is 14.0. The van der Waals surface area contributed by atoms with Crippen molar-refractivity contribution in [3.05, 3.63) is 54.6 Å². The largest absolute Gasteiger partial charge is 0.364 e. The molecule has 2 nitrogen and oxygen atoms in total. The third kappa shape index (κ3) is 2.17. The Morgan fingerprint density at radius 1 is 0.857 bits per heavy atom. The Balaban J connectivity index is 1.92. The van der Waals surface area contributed by atoms with Crippen molar-refractivity contribution in [1.29, 1.82) is 0 Å². The van der Waals surface area contributed by atoms with E-state index < -0.39 is 0 Å². The van der Waals surface area contributed by atoms with Crippen LogP contribution in [0.4, 0.5) is 5.69 Å². The third-order valence-electron chi connectivity index (χ3n) is 4.32. The molecule has 104 valence electrons. The Morgan fingerprint density at radius 3 is 2.43 bits per heavy atom. The summed E-state index contributed by atoms with van der Waals surface area (Å²) in [5.41, 5.74) is 1.19. The highest BCUT2D eigenvalue weighted by Crippen LogP contribution is 2.31. The minimum Gasteiger partial charge on any atom is -0.364 e. The smallest absolute Gasteiger partial charge is 0.152 e. The van der Waals surface area contributed by atoms with Crippen molar-refractivity contribution in [3.63, 3.8) is 0 Å². The van der Waals surface area contributed by atoms with Gasteiger partial charge in [-0.2, -0.15) is 0 Å². The molecule has 0 spiro atoms. The van der Waals surface area contributed by atoms with Gasteiger partial charge >= 0.3 is 0 Å². The molecule has 0 amide bonds. The number of Topliss-reactive ketones (excluding diaryl/α,β-unsaturated/α-hetero) is 1. The first-order valence-corrected chi connectivity index (χ1v) is 7.49.